The predicted octanol–water partition coefficient (Wildman–Crippen LogP) is 2.14. The van der Waals surface area contributed by atoms with Crippen LogP contribution in [0.25, 0.3) is 0 Å². The van der Waals surface area contributed by atoms with Crippen LogP contribution in [-0.4, -0.2) is 38.8 Å². The molecule has 0 spiro atoms. The first-order valence-corrected chi connectivity index (χ1v) is 8.46. The third-order valence-electron chi connectivity index (χ3n) is 4.06. The lowest BCUT2D eigenvalue weighted by Crippen LogP contribution is -2.40. The molecule has 0 bridgehead atoms. The fourth-order valence-electron chi connectivity index (χ4n) is 2.70. The van der Waals surface area contributed by atoms with E-state index in [-0.39, 0.29) is 11.8 Å². The van der Waals surface area contributed by atoms with Gasteiger partial charge in [0.15, 0.2) is 0 Å². The van der Waals surface area contributed by atoms with Gasteiger partial charge in [-0.15, -0.1) is 0 Å². The summed E-state index contributed by atoms with van der Waals surface area (Å²) in [5.74, 6) is 0.369. The first-order valence-electron chi connectivity index (χ1n) is 8.46. The Morgan fingerprint density at radius 1 is 1.23 bits per heavy atom. The van der Waals surface area contributed by atoms with E-state index in [0.717, 1.165) is 65.0 Å². The van der Waals surface area contributed by atoms with Crippen molar-refractivity contribution in [2.24, 2.45) is 5.92 Å². The van der Waals surface area contributed by atoms with E-state index >= 15 is 0 Å². The van der Waals surface area contributed by atoms with Crippen molar-refractivity contribution in [2.45, 2.75) is 32.1 Å². The van der Waals surface area contributed by atoms with E-state index in [4.69, 9.17) is 4.74 Å². The summed E-state index contributed by atoms with van der Waals surface area (Å²) in [6, 6.07) is 10.4. The van der Waals surface area contributed by atoms with Crippen molar-refractivity contribution in [1.82, 2.24) is 10.6 Å². The summed E-state index contributed by atoms with van der Waals surface area (Å²) < 4.78 is 5.64. The molecule has 1 aromatic rings. The van der Waals surface area contributed by atoms with Crippen LogP contribution >= 0.6 is 0 Å². The summed E-state index contributed by atoms with van der Waals surface area (Å²) in [6.07, 6.45) is 5.07. The molecular formula is C18H28N2O2. The van der Waals surface area contributed by atoms with Crippen molar-refractivity contribution in [3.63, 3.8) is 0 Å². The molecule has 1 fully saturated rings. The third-order valence-corrected chi connectivity index (χ3v) is 4.06. The van der Waals surface area contributed by atoms with Crippen molar-refractivity contribution < 1.29 is 9.53 Å². The van der Waals surface area contributed by atoms with Gasteiger partial charge in [-0.25, -0.2) is 0 Å². The number of nitrogens with one attached hydrogen (secondary N) is 2. The van der Waals surface area contributed by atoms with E-state index in [2.05, 4.69) is 34.9 Å². The Morgan fingerprint density at radius 3 is 2.86 bits per heavy atom. The van der Waals surface area contributed by atoms with E-state index < -0.39 is 0 Å². The maximum atomic E-state index is 11.9. The van der Waals surface area contributed by atoms with Gasteiger partial charge in [0.1, 0.15) is 0 Å². The Bertz CT molecular complexity index is 416. The van der Waals surface area contributed by atoms with Gasteiger partial charge in [0.05, 0.1) is 12.5 Å². The molecule has 22 heavy (non-hydrogen) atoms. The largest absolute Gasteiger partial charge is 0.381 e. The maximum Gasteiger partial charge on any atom is 0.224 e. The lowest BCUT2D eigenvalue weighted by molar-refractivity contribution is -0.125. The number of carbonyl (C=O) groups is 1. The highest BCUT2D eigenvalue weighted by Crippen LogP contribution is 2.09. The molecule has 1 atom stereocenters. The Morgan fingerprint density at radius 2 is 2.09 bits per heavy atom. The van der Waals surface area contributed by atoms with Crippen LogP contribution in [0, 0.1) is 5.92 Å². The van der Waals surface area contributed by atoms with E-state index in [9.17, 15) is 4.79 Å². The molecule has 0 aliphatic carbocycles. The average Bonchev–Trinajstić information content (AvgIpc) is 2.59. The topological polar surface area (TPSA) is 50.4 Å². The molecule has 1 aliphatic rings. The van der Waals surface area contributed by atoms with Crippen LogP contribution in [0.5, 0.6) is 0 Å². The monoisotopic (exact) mass is 304 g/mol. The summed E-state index contributed by atoms with van der Waals surface area (Å²) in [6.45, 7) is 4.17. The highest BCUT2D eigenvalue weighted by molar-refractivity contribution is 5.78. The van der Waals surface area contributed by atoms with Crippen LogP contribution in [0.2, 0.25) is 0 Å². The zero-order valence-electron chi connectivity index (χ0n) is 13.4. The summed E-state index contributed by atoms with van der Waals surface area (Å²) in [7, 11) is 0. The number of unbranched alkanes of at least 4 members (excludes halogenated alkanes) is 1. The standard InChI is InChI=1S/C18H28N2O2/c21-18(17-9-6-11-19-15-17)20-12-4-5-13-22-14-10-16-7-2-1-3-8-16/h1-3,7-8,17,19H,4-6,9-15H2,(H,20,21). The smallest absolute Gasteiger partial charge is 0.224 e. The Labute approximate surface area is 133 Å². The number of hydrogen-bond acceptors (Lipinski definition) is 3. The van der Waals surface area contributed by atoms with Gasteiger partial charge in [-0.1, -0.05) is 30.3 Å². The van der Waals surface area contributed by atoms with Crippen molar-refractivity contribution in [3.05, 3.63) is 35.9 Å². The summed E-state index contributed by atoms with van der Waals surface area (Å²) in [5, 5.41) is 6.31. The van der Waals surface area contributed by atoms with Gasteiger partial charge in [-0.3, -0.25) is 4.79 Å². The number of benzene rings is 1. The van der Waals surface area contributed by atoms with Crippen LogP contribution in [-0.2, 0) is 16.0 Å². The number of piperidine rings is 1. The first kappa shape index (κ1) is 17.0. The molecule has 4 heteroatoms. The van der Waals surface area contributed by atoms with Gasteiger partial charge < -0.3 is 15.4 Å². The van der Waals surface area contributed by atoms with Crippen LogP contribution < -0.4 is 10.6 Å². The quantitative estimate of drug-likeness (QED) is 0.687. The van der Waals surface area contributed by atoms with Gasteiger partial charge in [0.25, 0.3) is 0 Å². The fraction of sp³-hybridized carbons (Fsp3) is 0.611. The highest BCUT2D eigenvalue weighted by atomic mass is 16.5. The van der Waals surface area contributed by atoms with Crippen LogP contribution in [0.15, 0.2) is 30.3 Å². The lowest BCUT2D eigenvalue weighted by Gasteiger charge is -2.21. The van der Waals surface area contributed by atoms with Crippen LogP contribution in [0.4, 0.5) is 0 Å². The molecule has 0 aromatic heterocycles. The Kier molecular flexibility index (Phi) is 7.99. The normalized spacial score (nSPS) is 18.1. The fourth-order valence-corrected chi connectivity index (χ4v) is 2.70. The minimum Gasteiger partial charge on any atom is -0.381 e. The minimum atomic E-state index is 0.163. The zero-order valence-corrected chi connectivity index (χ0v) is 13.4. The van der Waals surface area contributed by atoms with E-state index in [0.29, 0.717) is 0 Å². The highest BCUT2D eigenvalue weighted by Gasteiger charge is 2.19. The van der Waals surface area contributed by atoms with Crippen molar-refractivity contribution >= 4 is 5.91 Å². The second kappa shape index (κ2) is 10.4. The number of amides is 1. The molecule has 4 nitrogen and oxygen atoms in total. The molecule has 1 aliphatic heterocycles. The first-order chi connectivity index (χ1) is 10.9. The molecule has 2 N–H and O–H groups in total. The molecule has 2 rings (SSSR count). The summed E-state index contributed by atoms with van der Waals surface area (Å²) >= 11 is 0. The van der Waals surface area contributed by atoms with Gasteiger partial charge in [-0.05, 0) is 44.2 Å². The average molecular weight is 304 g/mol. The zero-order chi connectivity index (χ0) is 15.5. The van der Waals surface area contributed by atoms with E-state index in [1.54, 1.807) is 0 Å². The molecule has 1 aromatic carbocycles. The molecule has 122 valence electrons. The molecular weight excluding hydrogens is 276 g/mol. The number of rotatable bonds is 9. The molecule has 1 unspecified atom stereocenters. The van der Waals surface area contributed by atoms with Crippen molar-refractivity contribution in [1.29, 1.82) is 0 Å². The van der Waals surface area contributed by atoms with Crippen molar-refractivity contribution in [2.75, 3.05) is 32.8 Å². The van der Waals surface area contributed by atoms with Crippen molar-refractivity contribution in [3.8, 4) is 0 Å². The van der Waals surface area contributed by atoms with Gasteiger partial charge >= 0.3 is 0 Å². The summed E-state index contributed by atoms with van der Waals surface area (Å²) in [5.41, 5.74) is 1.32. The molecule has 0 saturated carbocycles. The van der Waals surface area contributed by atoms with Crippen LogP contribution in [0.1, 0.15) is 31.2 Å². The number of ether oxygens (including phenoxy) is 1. The molecule has 0 radical (unpaired) electrons. The Hall–Kier alpha value is -1.39. The van der Waals surface area contributed by atoms with E-state index in [1.165, 1.54) is 5.56 Å². The molecule has 1 heterocycles. The Balaban J connectivity index is 1.42. The van der Waals surface area contributed by atoms with Gasteiger partial charge in [-0.2, -0.15) is 0 Å². The number of hydrogen-bond donors (Lipinski definition) is 2. The third kappa shape index (κ3) is 6.58. The SMILES string of the molecule is O=C(NCCCCOCCc1ccccc1)C1CCCNC1. The predicted molar refractivity (Wildman–Crippen MR) is 88.8 cm³/mol. The second-order valence-electron chi connectivity index (χ2n) is 5.89. The molecule has 1 saturated heterocycles. The van der Waals surface area contributed by atoms with Gasteiger partial charge in [0.2, 0.25) is 5.91 Å². The molecule has 1 amide bonds. The summed E-state index contributed by atoms with van der Waals surface area (Å²) in [4.78, 5) is 11.9. The van der Waals surface area contributed by atoms with Crippen LogP contribution in [0.3, 0.4) is 0 Å². The van der Waals surface area contributed by atoms with E-state index in [1.807, 2.05) is 6.07 Å². The number of carbonyl (C=O) groups excluding carboxylic acids is 1. The second-order valence-corrected chi connectivity index (χ2v) is 5.89. The maximum absolute atomic E-state index is 11.9. The minimum absolute atomic E-state index is 0.163. The lowest BCUT2D eigenvalue weighted by atomic mass is 9.99. The van der Waals surface area contributed by atoms with Gasteiger partial charge in [0, 0.05) is 19.7 Å².